The summed E-state index contributed by atoms with van der Waals surface area (Å²) < 4.78 is 0. The predicted octanol–water partition coefficient (Wildman–Crippen LogP) is 3.90. The third-order valence-electron chi connectivity index (χ3n) is 5.06. The molecule has 6 heteroatoms. The van der Waals surface area contributed by atoms with E-state index in [0.29, 0.717) is 18.0 Å². The van der Waals surface area contributed by atoms with E-state index < -0.39 is 0 Å². The van der Waals surface area contributed by atoms with E-state index in [4.69, 9.17) is 11.6 Å². The molecule has 5 nitrogen and oxygen atoms in total. The summed E-state index contributed by atoms with van der Waals surface area (Å²) >= 11 is 6.31. The standard InChI is InChI=1S/C23H26ClN3O2/c1-26(2)21(19-6-3-4-7-20(19)24)16-25-22(28)14-11-17-9-12-18(13-10-17)27-15-5-8-23(27)29/h3-4,6-7,9-14,21H,5,8,15-16H2,1-2H3,(H,25,28)/b14-11+. The van der Waals surface area contributed by atoms with Crippen LogP contribution < -0.4 is 10.2 Å². The minimum atomic E-state index is -0.164. The normalized spacial score (nSPS) is 15.3. The lowest BCUT2D eigenvalue weighted by molar-refractivity contribution is -0.117. The molecule has 1 saturated heterocycles. The molecule has 2 amide bonds. The topological polar surface area (TPSA) is 52.7 Å². The van der Waals surface area contributed by atoms with Crippen LogP contribution in [0.2, 0.25) is 5.02 Å². The number of hydrogen-bond donors (Lipinski definition) is 1. The van der Waals surface area contributed by atoms with E-state index in [1.165, 1.54) is 6.08 Å². The Hall–Kier alpha value is -2.63. The molecule has 3 rings (SSSR count). The van der Waals surface area contributed by atoms with Crippen LogP contribution in [0.5, 0.6) is 0 Å². The van der Waals surface area contributed by atoms with E-state index in [9.17, 15) is 9.59 Å². The van der Waals surface area contributed by atoms with Gasteiger partial charge in [0.2, 0.25) is 11.8 Å². The minimum Gasteiger partial charge on any atom is -0.351 e. The van der Waals surface area contributed by atoms with E-state index >= 15 is 0 Å². The van der Waals surface area contributed by atoms with Crippen molar-refractivity contribution in [1.29, 1.82) is 0 Å². The number of carbonyl (C=O) groups is 2. The van der Waals surface area contributed by atoms with Crippen LogP contribution in [0.3, 0.4) is 0 Å². The Morgan fingerprint density at radius 3 is 2.55 bits per heavy atom. The molecule has 0 saturated carbocycles. The van der Waals surface area contributed by atoms with E-state index in [1.807, 2.05) is 67.5 Å². The van der Waals surface area contributed by atoms with Gasteiger partial charge in [-0.25, -0.2) is 0 Å². The van der Waals surface area contributed by atoms with Gasteiger partial charge >= 0.3 is 0 Å². The monoisotopic (exact) mass is 411 g/mol. The lowest BCUT2D eigenvalue weighted by Gasteiger charge is -2.25. The molecule has 0 spiro atoms. The van der Waals surface area contributed by atoms with Gasteiger partial charge in [0.15, 0.2) is 0 Å². The Kier molecular flexibility index (Phi) is 7.07. The maximum Gasteiger partial charge on any atom is 0.244 e. The zero-order valence-electron chi connectivity index (χ0n) is 16.8. The number of likely N-dealkylation sites (N-methyl/N-ethyl adjacent to an activating group) is 1. The van der Waals surface area contributed by atoms with Gasteiger partial charge in [-0.15, -0.1) is 0 Å². The van der Waals surface area contributed by atoms with Crippen molar-refractivity contribution in [1.82, 2.24) is 10.2 Å². The molecule has 29 heavy (non-hydrogen) atoms. The molecule has 0 aliphatic carbocycles. The van der Waals surface area contributed by atoms with Crippen molar-refractivity contribution in [2.24, 2.45) is 0 Å². The van der Waals surface area contributed by atoms with E-state index in [2.05, 4.69) is 5.32 Å². The number of nitrogens with one attached hydrogen (secondary N) is 1. The molecule has 1 heterocycles. The summed E-state index contributed by atoms with van der Waals surface area (Å²) in [4.78, 5) is 27.9. The second-order valence-electron chi connectivity index (χ2n) is 7.32. The van der Waals surface area contributed by atoms with Crippen LogP contribution in [0, 0.1) is 0 Å². The Balaban J connectivity index is 1.57. The van der Waals surface area contributed by atoms with Crippen molar-refractivity contribution in [3.8, 4) is 0 Å². The molecule has 2 aromatic carbocycles. The van der Waals surface area contributed by atoms with Gasteiger partial charge in [0.05, 0.1) is 6.04 Å². The Bertz CT molecular complexity index is 893. The van der Waals surface area contributed by atoms with Crippen molar-refractivity contribution in [3.05, 3.63) is 70.8 Å². The van der Waals surface area contributed by atoms with Gasteiger partial charge in [0, 0.05) is 36.3 Å². The molecule has 152 valence electrons. The van der Waals surface area contributed by atoms with Crippen molar-refractivity contribution in [3.63, 3.8) is 0 Å². The van der Waals surface area contributed by atoms with Crippen LogP contribution in [-0.4, -0.2) is 43.9 Å². The molecule has 0 radical (unpaired) electrons. The zero-order chi connectivity index (χ0) is 20.8. The molecule has 1 fully saturated rings. The maximum atomic E-state index is 12.3. The molecule has 1 aliphatic rings. The van der Waals surface area contributed by atoms with Crippen molar-refractivity contribution >= 4 is 35.2 Å². The third-order valence-corrected chi connectivity index (χ3v) is 5.41. The fraction of sp³-hybridized carbons (Fsp3) is 0.304. The fourth-order valence-electron chi connectivity index (χ4n) is 3.43. The molecular weight excluding hydrogens is 386 g/mol. The van der Waals surface area contributed by atoms with Gasteiger partial charge in [0.1, 0.15) is 0 Å². The summed E-state index contributed by atoms with van der Waals surface area (Å²) in [5.74, 6) is 0.00402. The van der Waals surface area contributed by atoms with Crippen LogP contribution >= 0.6 is 11.6 Å². The van der Waals surface area contributed by atoms with Gasteiger partial charge < -0.3 is 15.1 Å². The van der Waals surface area contributed by atoms with Gasteiger partial charge in [-0.2, -0.15) is 0 Å². The number of hydrogen-bond acceptors (Lipinski definition) is 3. The number of nitrogens with zero attached hydrogens (tertiary/aromatic N) is 2. The Labute approximate surface area is 177 Å². The average Bonchev–Trinajstić information content (AvgIpc) is 3.14. The highest BCUT2D eigenvalue weighted by Gasteiger charge is 2.21. The zero-order valence-corrected chi connectivity index (χ0v) is 17.5. The first-order valence-electron chi connectivity index (χ1n) is 9.73. The number of carbonyl (C=O) groups excluding carboxylic acids is 2. The lowest BCUT2D eigenvalue weighted by atomic mass is 10.1. The highest BCUT2D eigenvalue weighted by molar-refractivity contribution is 6.31. The molecule has 0 bridgehead atoms. The number of anilines is 1. The van der Waals surface area contributed by atoms with Crippen LogP contribution in [0.15, 0.2) is 54.6 Å². The van der Waals surface area contributed by atoms with Gasteiger partial charge in [0.25, 0.3) is 0 Å². The van der Waals surface area contributed by atoms with Gasteiger partial charge in [-0.3, -0.25) is 9.59 Å². The summed E-state index contributed by atoms with van der Waals surface area (Å²) in [6.45, 7) is 1.23. The molecule has 1 atom stereocenters. The second kappa shape index (κ2) is 9.72. The number of amides is 2. The number of rotatable bonds is 7. The predicted molar refractivity (Wildman–Crippen MR) is 118 cm³/mol. The summed E-state index contributed by atoms with van der Waals surface area (Å²) in [5, 5.41) is 3.63. The first-order valence-corrected chi connectivity index (χ1v) is 10.1. The van der Waals surface area contributed by atoms with Crippen LogP contribution in [0.4, 0.5) is 5.69 Å². The second-order valence-corrected chi connectivity index (χ2v) is 7.73. The van der Waals surface area contributed by atoms with Crippen molar-refractivity contribution in [2.45, 2.75) is 18.9 Å². The summed E-state index contributed by atoms with van der Waals surface area (Å²) in [5.41, 5.74) is 2.80. The highest BCUT2D eigenvalue weighted by atomic mass is 35.5. The molecule has 0 aromatic heterocycles. The fourth-order valence-corrected chi connectivity index (χ4v) is 3.69. The Morgan fingerprint density at radius 2 is 1.93 bits per heavy atom. The molecule has 1 unspecified atom stereocenters. The van der Waals surface area contributed by atoms with E-state index in [-0.39, 0.29) is 17.9 Å². The first-order chi connectivity index (χ1) is 14.0. The summed E-state index contributed by atoms with van der Waals surface area (Å²) in [7, 11) is 3.92. The maximum absolute atomic E-state index is 12.3. The number of benzene rings is 2. The molecular formula is C23H26ClN3O2. The molecule has 2 aromatic rings. The molecule has 1 aliphatic heterocycles. The average molecular weight is 412 g/mol. The van der Waals surface area contributed by atoms with Crippen LogP contribution in [0.1, 0.15) is 30.0 Å². The van der Waals surface area contributed by atoms with E-state index in [0.717, 1.165) is 29.8 Å². The SMILES string of the molecule is CN(C)C(CNC(=O)/C=C/c1ccc(N2CCCC2=O)cc1)c1ccccc1Cl. The van der Waals surface area contributed by atoms with E-state index in [1.54, 1.807) is 11.0 Å². The summed E-state index contributed by atoms with van der Waals surface area (Å²) in [6, 6.07) is 15.3. The largest absolute Gasteiger partial charge is 0.351 e. The summed E-state index contributed by atoms with van der Waals surface area (Å²) in [6.07, 6.45) is 4.81. The third kappa shape index (κ3) is 5.46. The smallest absolute Gasteiger partial charge is 0.244 e. The van der Waals surface area contributed by atoms with Crippen molar-refractivity contribution in [2.75, 3.05) is 32.1 Å². The quantitative estimate of drug-likeness (QED) is 0.703. The van der Waals surface area contributed by atoms with Gasteiger partial charge in [-0.05, 0) is 55.9 Å². The minimum absolute atomic E-state index is 0.0154. The lowest BCUT2D eigenvalue weighted by Crippen LogP contribution is -2.33. The van der Waals surface area contributed by atoms with Crippen LogP contribution in [-0.2, 0) is 9.59 Å². The Morgan fingerprint density at radius 1 is 1.21 bits per heavy atom. The number of halogens is 1. The van der Waals surface area contributed by atoms with Crippen LogP contribution in [0.25, 0.3) is 6.08 Å². The highest BCUT2D eigenvalue weighted by Crippen LogP contribution is 2.25. The first kappa shape index (κ1) is 21.1. The van der Waals surface area contributed by atoms with Crippen molar-refractivity contribution < 1.29 is 9.59 Å². The molecule has 1 N–H and O–H groups in total. The van der Waals surface area contributed by atoms with Gasteiger partial charge in [-0.1, -0.05) is 41.9 Å².